The maximum atomic E-state index is 10.5. The summed E-state index contributed by atoms with van der Waals surface area (Å²) < 4.78 is 26.6. The Labute approximate surface area is 216 Å². The molecule has 0 spiro atoms. The van der Waals surface area contributed by atoms with Crippen LogP contribution in [0.25, 0.3) is 0 Å². The van der Waals surface area contributed by atoms with Gasteiger partial charge in [0.2, 0.25) is 5.91 Å². The molecule has 0 unspecified atom stereocenters. The molecule has 1 rings (SSSR count). The second-order valence-corrected chi connectivity index (χ2v) is 10.2. The van der Waals surface area contributed by atoms with Crippen molar-refractivity contribution in [2.45, 2.75) is 71.6 Å². The van der Waals surface area contributed by atoms with Crippen molar-refractivity contribution in [2.75, 3.05) is 0 Å². The molecule has 1 aromatic carbocycles. The Morgan fingerprint density at radius 3 is 1.08 bits per heavy atom. The van der Waals surface area contributed by atoms with Crippen molar-refractivity contribution in [3.63, 3.8) is 0 Å². The molecule has 0 aliphatic heterocycles. The highest BCUT2D eigenvalue weighted by Crippen LogP contribution is 2.26. The van der Waals surface area contributed by atoms with Gasteiger partial charge in [0.1, 0.15) is 6.29 Å². The fourth-order valence-electron chi connectivity index (χ4n) is 2.11. The van der Waals surface area contributed by atoms with Crippen LogP contribution in [0.15, 0.2) is 24.3 Å². The van der Waals surface area contributed by atoms with Gasteiger partial charge in [0.25, 0.3) is 0 Å². The molecule has 0 heterocycles. The summed E-state index contributed by atoms with van der Waals surface area (Å²) in [7, 11) is -13.9. The van der Waals surface area contributed by atoms with Crippen LogP contribution in [0.5, 0.6) is 0 Å². The first-order chi connectivity index (χ1) is 16.7. The van der Waals surface area contributed by atoms with Gasteiger partial charge in [0.05, 0.1) is 0 Å². The maximum absolute atomic E-state index is 10.5. The first-order valence-electron chi connectivity index (χ1n) is 10.9. The van der Waals surface area contributed by atoms with Gasteiger partial charge in [-0.05, 0) is 12.1 Å². The Hall–Kier alpha value is -1.31. The molecule has 0 atom stereocenters. The summed E-state index contributed by atoms with van der Waals surface area (Å²) in [5.41, 5.74) is 5.93. The van der Waals surface area contributed by atoms with Crippen molar-refractivity contribution in [3.8, 4) is 0 Å². The minimum atomic E-state index is -4.64. The standard InChI is InChI=1S/C11H24.C8H7NO2.3H3O4P/c1-3-5-7-9-11-10-8-6-4-2;9-8(11)7-3-1-6(5-10)2-4-7;3*1-5(2,3)4/h3-11H2,1-2H3;1-5H,(H2,9,11);3*(H3,1,2,3,4). The van der Waals surface area contributed by atoms with Crippen molar-refractivity contribution >= 4 is 35.7 Å². The molecular weight excluding hydrogens is 559 g/mol. The third-order valence-corrected chi connectivity index (χ3v) is 3.54. The molecule has 0 fully saturated rings. The number of amides is 1. The molecule has 0 bridgehead atoms. The van der Waals surface area contributed by atoms with Crippen LogP contribution in [0.3, 0.4) is 0 Å². The van der Waals surface area contributed by atoms with Gasteiger partial charge in [-0.2, -0.15) is 0 Å². The molecule has 37 heavy (non-hydrogen) atoms. The predicted octanol–water partition coefficient (Wildman–Crippen LogP) is 2.35. The quantitative estimate of drug-likeness (QED) is 0.105. The van der Waals surface area contributed by atoms with Gasteiger partial charge in [0.15, 0.2) is 0 Å². The first-order valence-corrected chi connectivity index (χ1v) is 15.5. The molecule has 0 radical (unpaired) electrons. The van der Waals surface area contributed by atoms with E-state index in [1.807, 2.05) is 0 Å². The number of aldehydes is 1. The monoisotopic (exact) mass is 599 g/mol. The van der Waals surface area contributed by atoms with E-state index >= 15 is 0 Å². The number of primary amides is 1. The molecule has 220 valence electrons. The van der Waals surface area contributed by atoms with Gasteiger partial charge in [-0.15, -0.1) is 0 Å². The van der Waals surface area contributed by atoms with E-state index in [0.29, 0.717) is 17.4 Å². The lowest BCUT2D eigenvalue weighted by Crippen LogP contribution is -2.10. The number of rotatable bonds is 10. The minimum absolute atomic E-state index is 0.413. The predicted molar refractivity (Wildman–Crippen MR) is 136 cm³/mol. The third kappa shape index (κ3) is 72.0. The van der Waals surface area contributed by atoms with Crippen LogP contribution in [0.2, 0.25) is 0 Å². The average Bonchev–Trinajstić information content (AvgIpc) is 2.70. The normalized spacial score (nSPS) is 10.6. The fraction of sp³-hybridized carbons (Fsp3) is 0.579. The Morgan fingerprint density at radius 2 is 0.892 bits per heavy atom. The molecule has 1 aromatic rings. The van der Waals surface area contributed by atoms with Gasteiger partial charge in [-0.25, -0.2) is 13.7 Å². The van der Waals surface area contributed by atoms with Crippen LogP contribution >= 0.6 is 23.5 Å². The lowest BCUT2D eigenvalue weighted by molar-refractivity contribution is 0.0999. The molecule has 0 saturated carbocycles. The summed E-state index contributed by atoms with van der Waals surface area (Å²) in [6, 6.07) is 6.14. The molecule has 0 aromatic heterocycles. The van der Waals surface area contributed by atoms with Crippen molar-refractivity contribution < 1.29 is 67.3 Å². The summed E-state index contributed by atoms with van der Waals surface area (Å²) in [6.45, 7) is 4.55. The molecule has 0 saturated heterocycles. The van der Waals surface area contributed by atoms with Crippen LogP contribution in [-0.4, -0.2) is 56.2 Å². The number of unbranched alkanes of at least 4 members (excludes halogenated alkanes) is 8. The molecule has 18 heteroatoms. The number of nitrogens with two attached hydrogens (primary N) is 1. The van der Waals surface area contributed by atoms with Crippen LogP contribution < -0.4 is 5.73 Å². The lowest BCUT2D eigenvalue weighted by atomic mass is 10.1. The van der Waals surface area contributed by atoms with E-state index in [-0.39, 0.29) is 0 Å². The summed E-state index contributed by atoms with van der Waals surface area (Å²) in [4.78, 5) is 85.4. The fourth-order valence-corrected chi connectivity index (χ4v) is 2.11. The zero-order valence-electron chi connectivity index (χ0n) is 20.7. The molecule has 0 aliphatic rings. The summed E-state index contributed by atoms with van der Waals surface area (Å²) in [5.74, 6) is -0.484. The van der Waals surface area contributed by atoms with Crippen LogP contribution in [0.1, 0.15) is 92.4 Å². The van der Waals surface area contributed by atoms with Crippen LogP contribution in [0.4, 0.5) is 0 Å². The number of benzene rings is 1. The van der Waals surface area contributed by atoms with E-state index in [2.05, 4.69) is 13.8 Å². The van der Waals surface area contributed by atoms with E-state index in [1.165, 1.54) is 69.9 Å². The van der Waals surface area contributed by atoms with E-state index in [0.717, 1.165) is 0 Å². The molecular formula is C19H40NO14P3. The molecule has 1 amide bonds. The highest BCUT2D eigenvalue weighted by Gasteiger charge is 2.01. The first kappa shape index (κ1) is 42.8. The van der Waals surface area contributed by atoms with Crippen molar-refractivity contribution in [2.24, 2.45) is 5.73 Å². The molecule has 11 N–H and O–H groups in total. The molecule has 0 aliphatic carbocycles. The Kier molecular flexibility index (Phi) is 28.9. The summed E-state index contributed by atoms with van der Waals surface area (Å²) >= 11 is 0. The van der Waals surface area contributed by atoms with Crippen LogP contribution in [-0.2, 0) is 13.7 Å². The highest BCUT2D eigenvalue weighted by molar-refractivity contribution is 7.45. The van der Waals surface area contributed by atoms with Gasteiger partial charge < -0.3 is 49.8 Å². The minimum Gasteiger partial charge on any atom is -0.366 e. The Morgan fingerprint density at radius 1 is 0.649 bits per heavy atom. The number of hydrogen-bond acceptors (Lipinski definition) is 5. The van der Waals surface area contributed by atoms with Crippen molar-refractivity contribution in [1.29, 1.82) is 0 Å². The summed E-state index contributed by atoms with van der Waals surface area (Å²) in [6.07, 6.45) is 13.7. The second kappa shape index (κ2) is 25.0. The highest BCUT2D eigenvalue weighted by atomic mass is 31.2. The number of carbonyl (C=O) groups is 2. The second-order valence-electron chi connectivity index (χ2n) is 7.12. The van der Waals surface area contributed by atoms with Gasteiger partial charge >= 0.3 is 23.5 Å². The average molecular weight is 599 g/mol. The zero-order valence-corrected chi connectivity index (χ0v) is 23.4. The van der Waals surface area contributed by atoms with E-state index in [9.17, 15) is 9.59 Å². The third-order valence-electron chi connectivity index (χ3n) is 3.54. The summed E-state index contributed by atoms with van der Waals surface area (Å²) in [5, 5.41) is 0. The lowest BCUT2D eigenvalue weighted by Gasteiger charge is -1.98. The van der Waals surface area contributed by atoms with E-state index < -0.39 is 29.4 Å². The van der Waals surface area contributed by atoms with Gasteiger partial charge in [-0.3, -0.25) is 9.59 Å². The Balaban J connectivity index is -0.000000195. The van der Waals surface area contributed by atoms with E-state index in [4.69, 9.17) is 63.5 Å². The number of phosphoric acid groups is 3. The smallest absolute Gasteiger partial charge is 0.366 e. The largest absolute Gasteiger partial charge is 0.466 e. The Bertz CT molecular complexity index is 753. The topological polar surface area (TPSA) is 293 Å². The van der Waals surface area contributed by atoms with Gasteiger partial charge in [-0.1, -0.05) is 83.8 Å². The number of hydrogen-bond donors (Lipinski definition) is 10. The van der Waals surface area contributed by atoms with Crippen LogP contribution in [0, 0.1) is 0 Å². The van der Waals surface area contributed by atoms with Crippen molar-refractivity contribution in [3.05, 3.63) is 35.4 Å². The maximum Gasteiger partial charge on any atom is 0.466 e. The molecule has 15 nitrogen and oxygen atoms in total. The van der Waals surface area contributed by atoms with Crippen molar-refractivity contribution in [1.82, 2.24) is 0 Å². The van der Waals surface area contributed by atoms with Gasteiger partial charge in [0, 0.05) is 11.1 Å². The zero-order chi connectivity index (χ0) is 30.1. The number of carbonyl (C=O) groups excluding carboxylic acids is 2. The van der Waals surface area contributed by atoms with E-state index in [1.54, 1.807) is 12.1 Å². The SMILES string of the molecule is CCCCCCCCCCC.NC(=O)c1ccc(C=O)cc1.O=P(O)(O)O.O=P(O)(O)O.O=P(O)(O)O.